The van der Waals surface area contributed by atoms with E-state index in [2.05, 4.69) is 19.2 Å². The van der Waals surface area contributed by atoms with Gasteiger partial charge in [-0.05, 0) is 24.0 Å². The lowest BCUT2D eigenvalue weighted by Crippen LogP contribution is -2.36. The third-order valence-electron chi connectivity index (χ3n) is 3.22. The van der Waals surface area contributed by atoms with Crippen LogP contribution in [0, 0.1) is 5.92 Å². The Labute approximate surface area is 127 Å². The molecular weight excluding hydrogens is 276 g/mol. The number of aryl methyl sites for hydroxylation is 1. The predicted molar refractivity (Wildman–Crippen MR) is 85.1 cm³/mol. The van der Waals surface area contributed by atoms with Gasteiger partial charge in [0, 0.05) is 25.8 Å². The highest BCUT2D eigenvalue weighted by Crippen LogP contribution is 2.12. The molecule has 20 heavy (non-hydrogen) atoms. The van der Waals surface area contributed by atoms with Crippen LogP contribution in [-0.4, -0.2) is 25.7 Å². The molecule has 0 aliphatic carbocycles. The molecular formula is C15H25ClN2O2. The smallest absolute Gasteiger partial charge is 0.220 e. The lowest BCUT2D eigenvalue weighted by molar-refractivity contribution is -0.121. The SMILES string of the molecule is COC(CNC(=O)CCc1ccccc1N)C(C)C.Cl. The van der Waals surface area contributed by atoms with Crippen LogP contribution in [0.25, 0.3) is 0 Å². The highest BCUT2D eigenvalue weighted by atomic mass is 35.5. The summed E-state index contributed by atoms with van der Waals surface area (Å²) in [5.41, 5.74) is 7.60. The third-order valence-corrected chi connectivity index (χ3v) is 3.22. The van der Waals surface area contributed by atoms with Crippen LogP contribution in [0.1, 0.15) is 25.8 Å². The number of anilines is 1. The molecule has 1 atom stereocenters. The predicted octanol–water partition coefficient (Wildman–Crippen LogP) is 2.41. The van der Waals surface area contributed by atoms with E-state index in [1.165, 1.54) is 0 Å². The Hall–Kier alpha value is -1.26. The molecule has 0 saturated carbocycles. The fraction of sp³-hybridized carbons (Fsp3) is 0.533. The normalized spacial score (nSPS) is 11.8. The fourth-order valence-electron chi connectivity index (χ4n) is 1.90. The minimum Gasteiger partial charge on any atom is -0.399 e. The largest absolute Gasteiger partial charge is 0.399 e. The number of carbonyl (C=O) groups is 1. The first-order valence-corrected chi connectivity index (χ1v) is 6.67. The molecule has 0 aliphatic rings. The zero-order valence-corrected chi connectivity index (χ0v) is 13.2. The van der Waals surface area contributed by atoms with Crippen molar-refractivity contribution < 1.29 is 9.53 Å². The van der Waals surface area contributed by atoms with E-state index in [1.54, 1.807) is 7.11 Å². The van der Waals surface area contributed by atoms with E-state index >= 15 is 0 Å². The van der Waals surface area contributed by atoms with E-state index in [0.29, 0.717) is 25.3 Å². The van der Waals surface area contributed by atoms with Crippen molar-refractivity contribution >= 4 is 24.0 Å². The number of nitrogens with two attached hydrogens (primary N) is 1. The number of para-hydroxylation sites is 1. The number of carbonyl (C=O) groups excluding carboxylic acids is 1. The standard InChI is InChI=1S/C15H24N2O2.ClH/c1-11(2)14(19-3)10-17-15(18)9-8-12-6-4-5-7-13(12)16;/h4-7,11,14H,8-10,16H2,1-3H3,(H,17,18);1H. The minimum absolute atomic E-state index is 0. The lowest BCUT2D eigenvalue weighted by Gasteiger charge is -2.19. The Morgan fingerprint density at radius 3 is 2.55 bits per heavy atom. The van der Waals surface area contributed by atoms with Crippen molar-refractivity contribution in [3.8, 4) is 0 Å². The first-order chi connectivity index (χ1) is 9.04. The van der Waals surface area contributed by atoms with Gasteiger partial charge in [0.05, 0.1) is 6.10 Å². The van der Waals surface area contributed by atoms with Crippen LogP contribution >= 0.6 is 12.4 Å². The Balaban J connectivity index is 0.00000361. The van der Waals surface area contributed by atoms with Crippen LogP contribution in [0.5, 0.6) is 0 Å². The van der Waals surface area contributed by atoms with E-state index in [9.17, 15) is 4.79 Å². The number of ether oxygens (including phenoxy) is 1. The van der Waals surface area contributed by atoms with Crippen molar-refractivity contribution in [3.05, 3.63) is 29.8 Å². The molecule has 0 fully saturated rings. The van der Waals surface area contributed by atoms with Crippen LogP contribution < -0.4 is 11.1 Å². The van der Waals surface area contributed by atoms with Crippen molar-refractivity contribution in [2.24, 2.45) is 5.92 Å². The summed E-state index contributed by atoms with van der Waals surface area (Å²) in [6.45, 7) is 4.70. The van der Waals surface area contributed by atoms with Crippen LogP contribution in [0.4, 0.5) is 5.69 Å². The van der Waals surface area contributed by atoms with Gasteiger partial charge in [0.1, 0.15) is 0 Å². The number of methoxy groups -OCH3 is 1. The molecule has 0 aliphatic heterocycles. The van der Waals surface area contributed by atoms with E-state index in [1.807, 2.05) is 24.3 Å². The first kappa shape index (κ1) is 18.7. The molecule has 0 radical (unpaired) electrons. The Kier molecular flexibility index (Phi) is 9.01. The summed E-state index contributed by atoms with van der Waals surface area (Å²) in [6, 6.07) is 7.63. The summed E-state index contributed by atoms with van der Waals surface area (Å²) >= 11 is 0. The van der Waals surface area contributed by atoms with E-state index < -0.39 is 0 Å². The molecule has 0 saturated heterocycles. The first-order valence-electron chi connectivity index (χ1n) is 6.67. The number of hydrogen-bond acceptors (Lipinski definition) is 3. The molecule has 1 rings (SSSR count). The molecule has 3 N–H and O–H groups in total. The Morgan fingerprint density at radius 1 is 1.35 bits per heavy atom. The molecule has 1 amide bonds. The number of amides is 1. The maximum absolute atomic E-state index is 11.8. The van der Waals surface area contributed by atoms with Crippen LogP contribution in [0.2, 0.25) is 0 Å². The minimum atomic E-state index is 0. The van der Waals surface area contributed by atoms with Gasteiger partial charge in [-0.25, -0.2) is 0 Å². The zero-order chi connectivity index (χ0) is 14.3. The van der Waals surface area contributed by atoms with Gasteiger partial charge in [-0.15, -0.1) is 12.4 Å². The number of nitrogen functional groups attached to an aromatic ring is 1. The summed E-state index contributed by atoms with van der Waals surface area (Å²) in [6.07, 6.45) is 1.17. The maximum atomic E-state index is 11.8. The van der Waals surface area contributed by atoms with Crippen LogP contribution in [-0.2, 0) is 16.0 Å². The van der Waals surface area contributed by atoms with Gasteiger partial charge in [-0.1, -0.05) is 32.0 Å². The summed E-state index contributed by atoms with van der Waals surface area (Å²) in [5.74, 6) is 0.418. The molecule has 1 aromatic carbocycles. The van der Waals surface area contributed by atoms with Crippen molar-refractivity contribution in [1.29, 1.82) is 0 Å². The van der Waals surface area contributed by atoms with E-state index in [0.717, 1.165) is 11.3 Å². The Morgan fingerprint density at radius 2 is 2.00 bits per heavy atom. The summed E-state index contributed by atoms with van der Waals surface area (Å²) in [4.78, 5) is 11.8. The molecule has 5 heteroatoms. The second-order valence-electron chi connectivity index (χ2n) is 5.02. The van der Waals surface area contributed by atoms with Gasteiger partial charge in [-0.2, -0.15) is 0 Å². The van der Waals surface area contributed by atoms with Gasteiger partial charge in [0.25, 0.3) is 0 Å². The van der Waals surface area contributed by atoms with Crippen molar-refractivity contribution in [2.45, 2.75) is 32.8 Å². The average molecular weight is 301 g/mol. The number of rotatable bonds is 7. The second-order valence-corrected chi connectivity index (χ2v) is 5.02. The Bertz CT molecular complexity index is 411. The van der Waals surface area contributed by atoms with Gasteiger partial charge in [0.15, 0.2) is 0 Å². The van der Waals surface area contributed by atoms with Crippen molar-refractivity contribution in [1.82, 2.24) is 5.32 Å². The highest BCUT2D eigenvalue weighted by Gasteiger charge is 2.13. The molecule has 0 aromatic heterocycles. The number of hydrogen-bond donors (Lipinski definition) is 2. The van der Waals surface area contributed by atoms with E-state index in [4.69, 9.17) is 10.5 Å². The van der Waals surface area contributed by atoms with Crippen LogP contribution in [0.3, 0.4) is 0 Å². The monoisotopic (exact) mass is 300 g/mol. The maximum Gasteiger partial charge on any atom is 0.220 e. The van der Waals surface area contributed by atoms with Gasteiger partial charge >= 0.3 is 0 Å². The summed E-state index contributed by atoms with van der Waals surface area (Å²) in [5, 5.41) is 2.90. The number of benzene rings is 1. The molecule has 114 valence electrons. The molecule has 0 bridgehead atoms. The quantitative estimate of drug-likeness (QED) is 0.760. The van der Waals surface area contributed by atoms with E-state index in [-0.39, 0.29) is 24.4 Å². The highest BCUT2D eigenvalue weighted by molar-refractivity contribution is 5.85. The zero-order valence-electron chi connectivity index (χ0n) is 12.4. The molecule has 0 spiro atoms. The second kappa shape index (κ2) is 9.61. The van der Waals surface area contributed by atoms with Gasteiger partial charge < -0.3 is 15.8 Å². The molecule has 1 aromatic rings. The lowest BCUT2D eigenvalue weighted by atomic mass is 10.1. The molecule has 4 nitrogen and oxygen atoms in total. The molecule has 0 heterocycles. The van der Waals surface area contributed by atoms with Crippen molar-refractivity contribution in [3.63, 3.8) is 0 Å². The third kappa shape index (κ3) is 6.26. The topological polar surface area (TPSA) is 64.3 Å². The number of nitrogens with one attached hydrogen (secondary N) is 1. The van der Waals surface area contributed by atoms with Gasteiger partial charge in [0.2, 0.25) is 5.91 Å². The summed E-state index contributed by atoms with van der Waals surface area (Å²) < 4.78 is 5.31. The van der Waals surface area contributed by atoms with Crippen LogP contribution in [0.15, 0.2) is 24.3 Å². The summed E-state index contributed by atoms with van der Waals surface area (Å²) in [7, 11) is 1.67. The van der Waals surface area contributed by atoms with Crippen molar-refractivity contribution in [2.75, 3.05) is 19.4 Å². The average Bonchev–Trinajstić information content (AvgIpc) is 2.38. The fourth-order valence-corrected chi connectivity index (χ4v) is 1.90. The number of halogens is 1. The van der Waals surface area contributed by atoms with Gasteiger partial charge in [-0.3, -0.25) is 4.79 Å². The molecule has 1 unspecified atom stereocenters.